The number of furan rings is 1. The summed E-state index contributed by atoms with van der Waals surface area (Å²) in [6.07, 6.45) is 0.343. The first-order valence-corrected chi connectivity index (χ1v) is 8.41. The van der Waals surface area contributed by atoms with Gasteiger partial charge in [-0.1, -0.05) is 5.16 Å². The van der Waals surface area contributed by atoms with Crippen molar-refractivity contribution in [2.45, 2.75) is 24.8 Å². The number of aromatic nitrogens is 2. The van der Waals surface area contributed by atoms with Gasteiger partial charge in [-0.25, -0.2) is 13.1 Å². The molecule has 0 saturated carbocycles. The molecule has 0 unspecified atom stereocenters. The summed E-state index contributed by atoms with van der Waals surface area (Å²) in [6.45, 7) is 2.28. The monoisotopic (exact) mass is 378 g/mol. The molecule has 0 amide bonds. The lowest BCUT2D eigenvalue weighted by atomic mass is 10.4. The second-order valence-corrected chi connectivity index (χ2v) is 6.71. The molecule has 0 aromatic carbocycles. The molecule has 8 nitrogen and oxygen atoms in total. The summed E-state index contributed by atoms with van der Waals surface area (Å²) in [5, 5.41) is 6.58. The quantitative estimate of drug-likeness (QED) is 0.738. The van der Waals surface area contributed by atoms with Gasteiger partial charge in [0.15, 0.2) is 10.5 Å². The Hall–Kier alpha value is -1.23. The molecule has 2 heterocycles. The third-order valence-electron chi connectivity index (χ3n) is 2.56. The van der Waals surface area contributed by atoms with E-state index in [1.54, 1.807) is 14.0 Å². The van der Waals surface area contributed by atoms with Crippen molar-refractivity contribution < 1.29 is 17.4 Å². The summed E-state index contributed by atoms with van der Waals surface area (Å²) in [5.74, 6) is 1.43. The fourth-order valence-corrected chi connectivity index (χ4v) is 3.69. The van der Waals surface area contributed by atoms with Gasteiger partial charge in [-0.3, -0.25) is 0 Å². The van der Waals surface area contributed by atoms with Crippen molar-refractivity contribution in [2.24, 2.45) is 0 Å². The lowest BCUT2D eigenvalue weighted by molar-refractivity contribution is 0.387. The molecule has 0 aliphatic rings. The molecule has 0 fully saturated rings. The molecule has 2 aromatic heterocycles. The van der Waals surface area contributed by atoms with Crippen LogP contribution >= 0.6 is 15.9 Å². The van der Waals surface area contributed by atoms with Crippen LogP contribution in [-0.2, 0) is 23.0 Å². The SMILES string of the molecule is CNCc1cc(S(=O)(=O)NCCc2noc(C)n2)c(Br)o1. The van der Waals surface area contributed by atoms with Gasteiger partial charge >= 0.3 is 0 Å². The maximum absolute atomic E-state index is 12.2. The van der Waals surface area contributed by atoms with Gasteiger partial charge in [0.1, 0.15) is 10.7 Å². The Morgan fingerprint density at radius 3 is 2.81 bits per heavy atom. The van der Waals surface area contributed by atoms with Gasteiger partial charge in [-0.2, -0.15) is 4.98 Å². The van der Waals surface area contributed by atoms with Crippen molar-refractivity contribution in [2.75, 3.05) is 13.6 Å². The van der Waals surface area contributed by atoms with Crippen LogP contribution in [-0.4, -0.2) is 32.2 Å². The molecule has 116 valence electrons. The van der Waals surface area contributed by atoms with E-state index in [1.807, 2.05) is 0 Å². The highest BCUT2D eigenvalue weighted by Crippen LogP contribution is 2.25. The van der Waals surface area contributed by atoms with Gasteiger partial charge in [-0.05, 0) is 23.0 Å². The van der Waals surface area contributed by atoms with Crippen molar-refractivity contribution in [1.29, 1.82) is 0 Å². The van der Waals surface area contributed by atoms with Crippen LogP contribution in [0.4, 0.5) is 0 Å². The second-order valence-electron chi connectivity index (χ2n) is 4.26. The number of nitrogens with zero attached hydrogens (tertiary/aromatic N) is 2. The highest BCUT2D eigenvalue weighted by atomic mass is 79.9. The van der Waals surface area contributed by atoms with Gasteiger partial charge in [0.2, 0.25) is 15.9 Å². The smallest absolute Gasteiger partial charge is 0.244 e. The molecule has 0 aliphatic carbocycles. The lowest BCUT2D eigenvalue weighted by Crippen LogP contribution is -2.26. The molecule has 0 atom stereocenters. The zero-order valence-corrected chi connectivity index (χ0v) is 13.9. The van der Waals surface area contributed by atoms with Gasteiger partial charge in [0.25, 0.3) is 0 Å². The fourth-order valence-electron chi connectivity index (χ4n) is 1.66. The third kappa shape index (κ3) is 4.13. The Morgan fingerprint density at radius 1 is 1.43 bits per heavy atom. The average molecular weight is 379 g/mol. The van der Waals surface area contributed by atoms with E-state index in [2.05, 4.69) is 36.1 Å². The summed E-state index contributed by atoms with van der Waals surface area (Å²) in [7, 11) is -1.91. The van der Waals surface area contributed by atoms with Crippen LogP contribution < -0.4 is 10.0 Å². The molecule has 0 saturated heterocycles. The van der Waals surface area contributed by atoms with Crippen LogP contribution in [0.1, 0.15) is 17.5 Å². The Labute approximate surface area is 130 Å². The molecule has 0 spiro atoms. The topological polar surface area (TPSA) is 110 Å². The molecule has 0 radical (unpaired) electrons. The van der Waals surface area contributed by atoms with Crippen LogP contribution in [0.25, 0.3) is 0 Å². The predicted molar refractivity (Wildman–Crippen MR) is 77.1 cm³/mol. The van der Waals surface area contributed by atoms with Crippen LogP contribution in [0.3, 0.4) is 0 Å². The number of sulfonamides is 1. The van der Waals surface area contributed by atoms with Crippen LogP contribution in [0, 0.1) is 6.92 Å². The van der Waals surface area contributed by atoms with E-state index in [0.29, 0.717) is 30.4 Å². The first kappa shape index (κ1) is 16.1. The Kier molecular flexibility index (Phi) is 5.14. The summed E-state index contributed by atoms with van der Waals surface area (Å²) < 4.78 is 37.1. The summed E-state index contributed by atoms with van der Waals surface area (Å²) >= 11 is 3.11. The van der Waals surface area contributed by atoms with E-state index < -0.39 is 10.0 Å². The minimum absolute atomic E-state index is 0.0667. The van der Waals surface area contributed by atoms with Crippen molar-refractivity contribution in [3.8, 4) is 0 Å². The number of aryl methyl sites for hydroxylation is 1. The molecular weight excluding hydrogens is 364 g/mol. The van der Waals surface area contributed by atoms with Crippen molar-refractivity contribution >= 4 is 26.0 Å². The molecule has 2 rings (SSSR count). The summed E-state index contributed by atoms with van der Waals surface area (Å²) in [5.41, 5.74) is 0. The number of rotatable bonds is 7. The lowest BCUT2D eigenvalue weighted by Gasteiger charge is -2.03. The van der Waals surface area contributed by atoms with Crippen molar-refractivity contribution in [3.63, 3.8) is 0 Å². The first-order chi connectivity index (χ1) is 9.92. The molecule has 21 heavy (non-hydrogen) atoms. The van der Waals surface area contributed by atoms with E-state index in [4.69, 9.17) is 8.94 Å². The van der Waals surface area contributed by atoms with Crippen molar-refractivity contribution in [1.82, 2.24) is 20.2 Å². The zero-order chi connectivity index (χ0) is 15.5. The highest BCUT2D eigenvalue weighted by molar-refractivity contribution is 9.10. The van der Waals surface area contributed by atoms with Gasteiger partial charge in [-0.15, -0.1) is 0 Å². The minimum atomic E-state index is -3.66. The van der Waals surface area contributed by atoms with Gasteiger partial charge in [0.05, 0.1) is 6.54 Å². The number of halogens is 1. The third-order valence-corrected chi connectivity index (χ3v) is 4.88. The van der Waals surface area contributed by atoms with Crippen LogP contribution in [0.15, 0.2) is 24.6 Å². The number of hydrogen-bond donors (Lipinski definition) is 2. The minimum Gasteiger partial charge on any atom is -0.452 e. The van der Waals surface area contributed by atoms with E-state index >= 15 is 0 Å². The first-order valence-electron chi connectivity index (χ1n) is 6.14. The molecule has 10 heteroatoms. The van der Waals surface area contributed by atoms with E-state index in [1.165, 1.54) is 6.07 Å². The van der Waals surface area contributed by atoms with E-state index in [9.17, 15) is 8.42 Å². The highest BCUT2D eigenvalue weighted by Gasteiger charge is 2.22. The maximum Gasteiger partial charge on any atom is 0.244 e. The molecule has 2 aromatic rings. The zero-order valence-electron chi connectivity index (χ0n) is 11.5. The predicted octanol–water partition coefficient (Wildman–Crippen LogP) is 0.974. The Bertz CT molecular complexity index is 710. The molecule has 0 bridgehead atoms. The number of hydrogen-bond acceptors (Lipinski definition) is 7. The standard InChI is InChI=1S/C11H15BrN4O4S/c1-7-15-10(16-20-7)3-4-14-21(17,18)9-5-8(6-13-2)19-11(9)12/h5,13-14H,3-4,6H2,1-2H3. The summed E-state index contributed by atoms with van der Waals surface area (Å²) in [6, 6.07) is 1.47. The summed E-state index contributed by atoms with van der Waals surface area (Å²) in [4.78, 5) is 4.07. The Balaban J connectivity index is 2.01. The van der Waals surface area contributed by atoms with Crippen LogP contribution in [0.5, 0.6) is 0 Å². The van der Waals surface area contributed by atoms with Crippen molar-refractivity contribution in [3.05, 3.63) is 28.2 Å². The maximum atomic E-state index is 12.2. The average Bonchev–Trinajstić information content (AvgIpc) is 2.96. The Morgan fingerprint density at radius 2 is 2.19 bits per heavy atom. The molecular formula is C11H15BrN4O4S. The molecule has 0 aliphatic heterocycles. The van der Waals surface area contributed by atoms with Gasteiger partial charge < -0.3 is 14.3 Å². The fraction of sp³-hybridized carbons (Fsp3) is 0.455. The van der Waals surface area contributed by atoms with E-state index in [-0.39, 0.29) is 16.1 Å². The second kappa shape index (κ2) is 6.69. The van der Waals surface area contributed by atoms with Crippen LogP contribution in [0.2, 0.25) is 0 Å². The van der Waals surface area contributed by atoms with E-state index in [0.717, 1.165) is 0 Å². The molecule has 2 N–H and O–H groups in total. The largest absolute Gasteiger partial charge is 0.452 e. The van der Waals surface area contributed by atoms with Gasteiger partial charge in [0, 0.05) is 26.0 Å². The normalized spacial score (nSPS) is 12.0. The number of nitrogens with one attached hydrogen (secondary N) is 2.